The lowest BCUT2D eigenvalue weighted by Crippen LogP contribution is -2.43. The highest BCUT2D eigenvalue weighted by Crippen LogP contribution is 2.23. The van der Waals surface area contributed by atoms with Gasteiger partial charge in [-0.3, -0.25) is 4.79 Å². The van der Waals surface area contributed by atoms with Gasteiger partial charge in [0, 0.05) is 30.5 Å². The molecule has 0 saturated heterocycles. The largest absolute Gasteiger partial charge is 0.467 e. The second-order valence-electron chi connectivity index (χ2n) is 6.77. The molecule has 160 valence electrons. The van der Waals surface area contributed by atoms with E-state index in [1.807, 2.05) is 43.3 Å². The van der Waals surface area contributed by atoms with E-state index in [-0.39, 0.29) is 12.3 Å². The third-order valence-corrected chi connectivity index (χ3v) is 4.64. The minimum Gasteiger partial charge on any atom is -0.467 e. The molecule has 31 heavy (non-hydrogen) atoms. The van der Waals surface area contributed by atoms with Gasteiger partial charge in [0.1, 0.15) is 12.1 Å². The first-order chi connectivity index (χ1) is 15.1. The number of rotatable bonds is 9. The van der Waals surface area contributed by atoms with Gasteiger partial charge in [-0.2, -0.15) is 0 Å². The molecule has 0 saturated carbocycles. The molecule has 0 fully saturated rings. The van der Waals surface area contributed by atoms with Gasteiger partial charge in [0.25, 0.3) is 5.91 Å². The van der Waals surface area contributed by atoms with Crippen molar-refractivity contribution in [2.45, 2.75) is 25.5 Å². The van der Waals surface area contributed by atoms with E-state index in [2.05, 4.69) is 15.3 Å². The zero-order valence-corrected chi connectivity index (χ0v) is 17.5. The maximum Gasteiger partial charge on any atom is 0.328 e. The summed E-state index contributed by atoms with van der Waals surface area (Å²) in [5, 5.41) is 2.73. The van der Waals surface area contributed by atoms with E-state index in [9.17, 15) is 9.59 Å². The van der Waals surface area contributed by atoms with Crippen LogP contribution in [0.5, 0.6) is 0 Å². The number of nitrogens with zero attached hydrogens (tertiary/aromatic N) is 2. The van der Waals surface area contributed by atoms with Crippen molar-refractivity contribution in [1.29, 1.82) is 0 Å². The summed E-state index contributed by atoms with van der Waals surface area (Å²) in [5.74, 6) is -0.417. The van der Waals surface area contributed by atoms with Crippen LogP contribution in [0.25, 0.3) is 0 Å². The molecule has 2 aromatic carbocycles. The Hall–Kier alpha value is -3.58. The Morgan fingerprint density at radius 1 is 1.00 bits per heavy atom. The molecule has 7 heteroatoms. The van der Waals surface area contributed by atoms with Crippen LogP contribution in [0.2, 0.25) is 0 Å². The summed E-state index contributed by atoms with van der Waals surface area (Å²) in [6, 6.07) is 19.2. The van der Waals surface area contributed by atoms with E-state index in [1.54, 1.807) is 36.5 Å². The number of aromatic nitrogens is 2. The van der Waals surface area contributed by atoms with Crippen molar-refractivity contribution in [3.8, 4) is 0 Å². The van der Waals surface area contributed by atoms with Crippen LogP contribution in [-0.2, 0) is 20.7 Å². The van der Waals surface area contributed by atoms with E-state index in [1.165, 1.54) is 7.11 Å². The fourth-order valence-corrected chi connectivity index (χ4v) is 3.14. The summed E-state index contributed by atoms with van der Waals surface area (Å²) >= 11 is 0. The zero-order valence-electron chi connectivity index (χ0n) is 17.5. The predicted molar refractivity (Wildman–Crippen MR) is 115 cm³/mol. The number of carbonyl (C=O) groups excluding carboxylic acids is 2. The van der Waals surface area contributed by atoms with Crippen LogP contribution in [0, 0.1) is 0 Å². The van der Waals surface area contributed by atoms with Crippen molar-refractivity contribution in [3.63, 3.8) is 0 Å². The number of ether oxygens (including phenoxy) is 2. The molecule has 1 unspecified atom stereocenters. The molecular formula is C24H25N3O4. The molecule has 0 aliphatic heterocycles. The van der Waals surface area contributed by atoms with Gasteiger partial charge in [-0.15, -0.1) is 0 Å². The Morgan fingerprint density at radius 2 is 1.68 bits per heavy atom. The fraction of sp³-hybridized carbons (Fsp3) is 0.250. The monoisotopic (exact) mass is 419 g/mol. The fourth-order valence-electron chi connectivity index (χ4n) is 3.14. The van der Waals surface area contributed by atoms with Gasteiger partial charge in [0.15, 0.2) is 5.82 Å². The summed E-state index contributed by atoms with van der Waals surface area (Å²) in [4.78, 5) is 33.8. The minimum absolute atomic E-state index is 0.161. The van der Waals surface area contributed by atoms with Crippen LogP contribution < -0.4 is 5.32 Å². The minimum atomic E-state index is -0.886. The highest BCUT2D eigenvalue weighted by Gasteiger charge is 2.24. The number of methoxy groups -OCH3 is 1. The molecular weight excluding hydrogens is 394 g/mol. The zero-order chi connectivity index (χ0) is 22.1. The third-order valence-electron chi connectivity index (χ3n) is 4.64. The Morgan fingerprint density at radius 3 is 2.32 bits per heavy atom. The average molecular weight is 419 g/mol. The molecule has 1 aromatic heterocycles. The molecule has 3 rings (SSSR count). The lowest BCUT2D eigenvalue weighted by molar-refractivity contribution is -0.142. The molecule has 0 aliphatic carbocycles. The molecule has 7 nitrogen and oxygen atoms in total. The highest BCUT2D eigenvalue weighted by molar-refractivity contribution is 5.96. The first kappa shape index (κ1) is 22.1. The van der Waals surface area contributed by atoms with Gasteiger partial charge in [0.05, 0.1) is 7.11 Å². The van der Waals surface area contributed by atoms with Crippen LogP contribution in [0.3, 0.4) is 0 Å². The number of hydrogen-bond donors (Lipinski definition) is 1. The smallest absolute Gasteiger partial charge is 0.328 e. The van der Waals surface area contributed by atoms with E-state index in [4.69, 9.17) is 9.47 Å². The molecule has 0 bridgehead atoms. The number of amides is 1. The van der Waals surface area contributed by atoms with Gasteiger partial charge in [0.2, 0.25) is 0 Å². The van der Waals surface area contributed by atoms with E-state index < -0.39 is 18.1 Å². The van der Waals surface area contributed by atoms with E-state index >= 15 is 0 Å². The molecule has 1 N–H and O–H groups in total. The Kier molecular flexibility index (Phi) is 7.84. The number of benzene rings is 2. The lowest BCUT2D eigenvalue weighted by atomic mass is 10.1. The first-order valence-corrected chi connectivity index (χ1v) is 10.0. The maximum atomic E-state index is 12.5. The van der Waals surface area contributed by atoms with E-state index in [0.29, 0.717) is 23.7 Å². The van der Waals surface area contributed by atoms with Crippen molar-refractivity contribution < 1.29 is 19.1 Å². The summed E-state index contributed by atoms with van der Waals surface area (Å²) in [7, 11) is 1.29. The van der Waals surface area contributed by atoms with Crippen LogP contribution >= 0.6 is 0 Å². The molecule has 1 heterocycles. The van der Waals surface area contributed by atoms with Crippen molar-refractivity contribution in [1.82, 2.24) is 15.3 Å². The number of carbonyl (C=O) groups is 2. The molecule has 2 atom stereocenters. The highest BCUT2D eigenvalue weighted by atomic mass is 16.5. The van der Waals surface area contributed by atoms with Crippen molar-refractivity contribution in [3.05, 3.63) is 95.6 Å². The van der Waals surface area contributed by atoms with Crippen LogP contribution in [0.4, 0.5) is 0 Å². The average Bonchev–Trinajstić information content (AvgIpc) is 2.82. The second kappa shape index (κ2) is 11.0. The van der Waals surface area contributed by atoms with Crippen molar-refractivity contribution in [2.24, 2.45) is 0 Å². The van der Waals surface area contributed by atoms with Gasteiger partial charge < -0.3 is 14.8 Å². The lowest BCUT2D eigenvalue weighted by Gasteiger charge is -2.19. The van der Waals surface area contributed by atoms with Crippen LogP contribution in [-0.4, -0.2) is 41.6 Å². The van der Waals surface area contributed by atoms with Crippen molar-refractivity contribution >= 4 is 11.9 Å². The summed E-state index contributed by atoms with van der Waals surface area (Å²) in [6.07, 6.45) is 1.36. The molecule has 3 aromatic rings. The SMILES string of the molecule is CCOC(c1ccccc1)c1nccc(C[C@H](NC(=O)c2ccccc2)C(=O)OC)n1. The molecule has 0 spiro atoms. The molecule has 0 aliphatic rings. The van der Waals surface area contributed by atoms with Crippen LogP contribution in [0.1, 0.15) is 40.5 Å². The number of esters is 1. The molecule has 0 radical (unpaired) electrons. The van der Waals surface area contributed by atoms with Gasteiger partial charge in [-0.25, -0.2) is 14.8 Å². The predicted octanol–water partition coefficient (Wildman–Crippen LogP) is 3.12. The van der Waals surface area contributed by atoms with Gasteiger partial charge in [-0.1, -0.05) is 48.5 Å². The Labute approximate surface area is 181 Å². The first-order valence-electron chi connectivity index (χ1n) is 10.0. The maximum absolute atomic E-state index is 12.5. The van der Waals surface area contributed by atoms with Gasteiger partial charge in [-0.05, 0) is 30.7 Å². The quantitative estimate of drug-likeness (QED) is 0.536. The summed E-state index contributed by atoms with van der Waals surface area (Å²) in [5.41, 5.74) is 1.98. The Bertz CT molecular complexity index is 996. The third kappa shape index (κ3) is 5.96. The van der Waals surface area contributed by atoms with Crippen molar-refractivity contribution in [2.75, 3.05) is 13.7 Å². The summed E-state index contributed by atoms with van der Waals surface area (Å²) < 4.78 is 10.8. The Balaban J connectivity index is 1.82. The second-order valence-corrected chi connectivity index (χ2v) is 6.77. The molecule has 1 amide bonds. The topological polar surface area (TPSA) is 90.4 Å². The number of nitrogens with one attached hydrogen (secondary N) is 1. The van der Waals surface area contributed by atoms with E-state index in [0.717, 1.165) is 5.56 Å². The van der Waals surface area contributed by atoms with Gasteiger partial charge >= 0.3 is 5.97 Å². The standard InChI is InChI=1S/C24H25N3O4/c1-3-31-21(17-10-6-4-7-11-17)22-25-15-14-19(26-22)16-20(24(29)30-2)27-23(28)18-12-8-5-9-13-18/h4-15,20-21H,3,16H2,1-2H3,(H,27,28)/t20-,21?/m0/s1. The normalized spacial score (nSPS) is 12.6. The number of hydrogen-bond acceptors (Lipinski definition) is 6. The summed E-state index contributed by atoms with van der Waals surface area (Å²) in [6.45, 7) is 2.40. The van der Waals surface area contributed by atoms with Crippen LogP contribution in [0.15, 0.2) is 72.9 Å².